The number of hydrogen-bond acceptors (Lipinski definition) is 1. The number of benzene rings is 2. The molecule has 1 nitrogen and oxygen atoms in total. The number of rotatable bonds is 4. The summed E-state index contributed by atoms with van der Waals surface area (Å²) in [5.74, 6) is 0. The molecule has 5 heteroatoms. The molecule has 0 spiro atoms. The van der Waals surface area contributed by atoms with E-state index in [1.165, 1.54) is 12.1 Å². The van der Waals surface area contributed by atoms with Crippen molar-refractivity contribution in [1.29, 1.82) is 0 Å². The molecule has 0 aliphatic rings. The van der Waals surface area contributed by atoms with E-state index in [1.807, 2.05) is 31.2 Å². The van der Waals surface area contributed by atoms with Crippen molar-refractivity contribution >= 4 is 15.9 Å². The summed E-state index contributed by atoms with van der Waals surface area (Å²) in [7, 11) is 0. The first-order chi connectivity index (χ1) is 9.86. The second kappa shape index (κ2) is 6.62. The summed E-state index contributed by atoms with van der Waals surface area (Å²) in [6.45, 7) is 2.54. The van der Waals surface area contributed by atoms with Gasteiger partial charge in [0.15, 0.2) is 0 Å². The van der Waals surface area contributed by atoms with Crippen LogP contribution in [0.2, 0.25) is 0 Å². The molecule has 0 saturated carbocycles. The maximum Gasteiger partial charge on any atom is 0.416 e. The third-order valence-corrected chi connectivity index (χ3v) is 3.79. The molecule has 21 heavy (non-hydrogen) atoms. The predicted octanol–water partition coefficient (Wildman–Crippen LogP) is 5.32. The smallest absolute Gasteiger partial charge is 0.306 e. The van der Waals surface area contributed by atoms with E-state index < -0.39 is 11.7 Å². The highest BCUT2D eigenvalue weighted by molar-refractivity contribution is 9.10. The van der Waals surface area contributed by atoms with Crippen molar-refractivity contribution in [2.75, 3.05) is 0 Å². The van der Waals surface area contributed by atoms with Crippen LogP contribution in [0.15, 0.2) is 53.0 Å². The summed E-state index contributed by atoms with van der Waals surface area (Å²) >= 11 is 3.38. The van der Waals surface area contributed by atoms with Gasteiger partial charge in [0.2, 0.25) is 0 Å². The molecule has 0 fully saturated rings. The number of hydrogen-bond donors (Lipinski definition) is 1. The van der Waals surface area contributed by atoms with E-state index in [2.05, 4.69) is 21.2 Å². The zero-order chi connectivity index (χ0) is 15.5. The minimum absolute atomic E-state index is 0.125. The van der Waals surface area contributed by atoms with Crippen LogP contribution in [-0.4, -0.2) is 0 Å². The lowest BCUT2D eigenvalue weighted by Gasteiger charge is -2.15. The Labute approximate surface area is 130 Å². The SMILES string of the molecule is CC(NCc1ccc(C(F)(F)F)cc1)c1ccc(Br)cc1. The van der Waals surface area contributed by atoms with Gasteiger partial charge in [-0.3, -0.25) is 0 Å². The van der Waals surface area contributed by atoms with Gasteiger partial charge in [-0.05, 0) is 42.3 Å². The lowest BCUT2D eigenvalue weighted by Crippen LogP contribution is -2.18. The number of nitrogens with one attached hydrogen (secondary N) is 1. The molecule has 0 bridgehead atoms. The van der Waals surface area contributed by atoms with Crippen LogP contribution in [0.1, 0.15) is 29.7 Å². The molecule has 0 heterocycles. The monoisotopic (exact) mass is 357 g/mol. The molecule has 112 valence electrons. The van der Waals surface area contributed by atoms with Gasteiger partial charge in [0.05, 0.1) is 5.56 Å². The molecule has 0 amide bonds. The fourth-order valence-electron chi connectivity index (χ4n) is 1.95. The Morgan fingerprint density at radius 2 is 1.57 bits per heavy atom. The molecule has 2 aromatic rings. The normalized spacial score (nSPS) is 13.2. The summed E-state index contributed by atoms with van der Waals surface area (Å²) in [5.41, 5.74) is 1.34. The van der Waals surface area contributed by atoms with Crippen molar-refractivity contribution < 1.29 is 13.2 Å². The van der Waals surface area contributed by atoms with E-state index in [-0.39, 0.29) is 6.04 Å². The standard InChI is InChI=1S/C16H15BrF3N/c1-11(13-4-8-15(17)9-5-13)21-10-12-2-6-14(7-3-12)16(18,19)20/h2-9,11,21H,10H2,1H3. The minimum atomic E-state index is -4.28. The van der Waals surface area contributed by atoms with Gasteiger partial charge in [-0.1, -0.05) is 40.2 Å². The lowest BCUT2D eigenvalue weighted by atomic mass is 10.1. The fourth-order valence-corrected chi connectivity index (χ4v) is 2.22. The summed E-state index contributed by atoms with van der Waals surface area (Å²) in [4.78, 5) is 0. The summed E-state index contributed by atoms with van der Waals surface area (Å²) < 4.78 is 38.4. The number of halogens is 4. The molecule has 0 aliphatic heterocycles. The summed E-state index contributed by atoms with van der Waals surface area (Å²) in [6.07, 6.45) is -4.28. The van der Waals surface area contributed by atoms with Crippen molar-refractivity contribution in [2.24, 2.45) is 0 Å². The van der Waals surface area contributed by atoms with E-state index in [0.29, 0.717) is 6.54 Å². The zero-order valence-corrected chi connectivity index (χ0v) is 13.0. The first kappa shape index (κ1) is 16.0. The average Bonchev–Trinajstić information content (AvgIpc) is 2.45. The van der Waals surface area contributed by atoms with Crippen molar-refractivity contribution in [2.45, 2.75) is 25.7 Å². The molecular weight excluding hydrogens is 343 g/mol. The van der Waals surface area contributed by atoms with Crippen LogP contribution in [0.25, 0.3) is 0 Å². The highest BCUT2D eigenvalue weighted by Gasteiger charge is 2.29. The molecule has 1 N–H and O–H groups in total. The molecule has 2 rings (SSSR count). The van der Waals surface area contributed by atoms with Gasteiger partial charge in [0, 0.05) is 17.1 Å². The molecule has 0 saturated heterocycles. The van der Waals surface area contributed by atoms with E-state index in [4.69, 9.17) is 0 Å². The van der Waals surface area contributed by atoms with Gasteiger partial charge >= 0.3 is 6.18 Å². The Hall–Kier alpha value is -1.33. The molecule has 0 aromatic heterocycles. The summed E-state index contributed by atoms with van der Waals surface area (Å²) in [6, 6.07) is 13.3. The van der Waals surface area contributed by atoms with Gasteiger partial charge in [-0.25, -0.2) is 0 Å². The molecular formula is C16H15BrF3N. The molecule has 0 radical (unpaired) electrons. The molecule has 1 unspecified atom stereocenters. The van der Waals surface area contributed by atoms with E-state index >= 15 is 0 Å². The molecule has 0 aliphatic carbocycles. The highest BCUT2D eigenvalue weighted by atomic mass is 79.9. The zero-order valence-electron chi connectivity index (χ0n) is 11.4. The summed E-state index contributed by atoms with van der Waals surface area (Å²) in [5, 5.41) is 3.30. The lowest BCUT2D eigenvalue weighted by molar-refractivity contribution is -0.137. The van der Waals surface area contributed by atoms with Crippen molar-refractivity contribution in [3.8, 4) is 0 Å². The van der Waals surface area contributed by atoms with Gasteiger partial charge in [-0.15, -0.1) is 0 Å². The van der Waals surface area contributed by atoms with Crippen molar-refractivity contribution in [1.82, 2.24) is 5.32 Å². The maximum atomic E-state index is 12.5. The van der Waals surface area contributed by atoms with Crippen molar-refractivity contribution in [3.05, 3.63) is 69.7 Å². The predicted molar refractivity (Wildman–Crippen MR) is 80.8 cm³/mol. The molecule has 1 atom stereocenters. The Balaban J connectivity index is 1.95. The largest absolute Gasteiger partial charge is 0.416 e. The van der Waals surface area contributed by atoms with Crippen LogP contribution in [-0.2, 0) is 12.7 Å². The van der Waals surface area contributed by atoms with Gasteiger partial charge in [0.1, 0.15) is 0 Å². The van der Waals surface area contributed by atoms with Gasteiger partial charge < -0.3 is 5.32 Å². The van der Waals surface area contributed by atoms with Crippen LogP contribution in [0.5, 0.6) is 0 Å². The Bertz CT molecular complexity index is 576. The van der Waals surface area contributed by atoms with Crippen LogP contribution in [0.3, 0.4) is 0 Å². The second-order valence-corrected chi connectivity index (χ2v) is 5.76. The van der Waals surface area contributed by atoms with Crippen molar-refractivity contribution in [3.63, 3.8) is 0 Å². The van der Waals surface area contributed by atoms with Gasteiger partial charge in [0.25, 0.3) is 0 Å². The minimum Gasteiger partial charge on any atom is -0.306 e. The van der Waals surface area contributed by atoms with Crippen LogP contribution in [0, 0.1) is 0 Å². The third kappa shape index (κ3) is 4.58. The van der Waals surface area contributed by atoms with Crippen LogP contribution in [0.4, 0.5) is 13.2 Å². The van der Waals surface area contributed by atoms with E-state index in [9.17, 15) is 13.2 Å². The first-order valence-electron chi connectivity index (χ1n) is 6.51. The topological polar surface area (TPSA) is 12.0 Å². The second-order valence-electron chi connectivity index (χ2n) is 4.85. The molecule has 2 aromatic carbocycles. The Morgan fingerprint density at radius 1 is 1.00 bits per heavy atom. The Kier molecular flexibility index (Phi) is 5.06. The highest BCUT2D eigenvalue weighted by Crippen LogP contribution is 2.29. The number of alkyl halides is 3. The fraction of sp³-hybridized carbons (Fsp3) is 0.250. The van der Waals surface area contributed by atoms with E-state index in [0.717, 1.165) is 27.7 Å². The Morgan fingerprint density at radius 3 is 2.10 bits per heavy atom. The van der Waals surface area contributed by atoms with E-state index in [1.54, 1.807) is 0 Å². The average molecular weight is 358 g/mol. The van der Waals surface area contributed by atoms with Gasteiger partial charge in [-0.2, -0.15) is 13.2 Å². The first-order valence-corrected chi connectivity index (χ1v) is 7.30. The quantitative estimate of drug-likeness (QED) is 0.780. The van der Waals surface area contributed by atoms with Crippen LogP contribution >= 0.6 is 15.9 Å². The maximum absolute atomic E-state index is 12.5. The third-order valence-electron chi connectivity index (χ3n) is 3.26. The van der Waals surface area contributed by atoms with Crippen LogP contribution < -0.4 is 5.32 Å².